The maximum absolute atomic E-state index is 14.1. The summed E-state index contributed by atoms with van der Waals surface area (Å²) in [5, 5.41) is 3.56. The molecule has 0 amide bonds. The van der Waals surface area contributed by atoms with Crippen LogP contribution in [0.15, 0.2) is 24.3 Å². The molecule has 1 aliphatic carbocycles. The van der Waals surface area contributed by atoms with Gasteiger partial charge in [0.1, 0.15) is 5.82 Å². The van der Waals surface area contributed by atoms with E-state index in [9.17, 15) is 4.39 Å². The number of halogens is 1. The first-order valence-corrected chi connectivity index (χ1v) is 8.42. The third kappa shape index (κ3) is 4.52. The normalized spacial score (nSPS) is 23.4. The van der Waals surface area contributed by atoms with Crippen molar-refractivity contribution < 1.29 is 9.13 Å². The lowest BCUT2D eigenvalue weighted by atomic mass is 9.92. The molecule has 1 aromatic rings. The summed E-state index contributed by atoms with van der Waals surface area (Å²) in [5.41, 5.74) is 0.873. The van der Waals surface area contributed by atoms with Gasteiger partial charge in [0.15, 0.2) is 0 Å². The zero-order valence-electron chi connectivity index (χ0n) is 12.7. The maximum atomic E-state index is 14.1. The van der Waals surface area contributed by atoms with Crippen molar-refractivity contribution in [2.75, 3.05) is 13.2 Å². The fourth-order valence-corrected chi connectivity index (χ4v) is 3.23. The molecule has 1 saturated carbocycles. The highest BCUT2D eigenvalue weighted by molar-refractivity contribution is 5.22. The summed E-state index contributed by atoms with van der Waals surface area (Å²) in [6.07, 6.45) is 8.68. The first-order valence-electron chi connectivity index (χ1n) is 8.42. The zero-order valence-corrected chi connectivity index (χ0v) is 12.7. The molecular formula is C18H26FNO. The molecule has 3 heteroatoms. The Kier molecular flexibility index (Phi) is 5.26. The highest BCUT2D eigenvalue weighted by atomic mass is 19.1. The lowest BCUT2D eigenvalue weighted by Gasteiger charge is -2.19. The summed E-state index contributed by atoms with van der Waals surface area (Å²) in [5.74, 6) is 0.227. The number of rotatable bonds is 8. The van der Waals surface area contributed by atoms with E-state index in [0.717, 1.165) is 38.0 Å². The van der Waals surface area contributed by atoms with E-state index in [1.165, 1.54) is 25.7 Å². The molecule has 0 bridgehead atoms. The van der Waals surface area contributed by atoms with E-state index in [0.29, 0.717) is 12.1 Å². The first-order chi connectivity index (χ1) is 10.3. The predicted molar refractivity (Wildman–Crippen MR) is 83.0 cm³/mol. The standard InChI is InChI=1S/C18H26FNO/c19-18-9-2-1-8-17(18)14(13-20-15-10-11-15)5-3-6-16-7-4-12-21-16/h1-2,8-9,14-16,20H,3-7,10-13H2. The van der Waals surface area contributed by atoms with E-state index < -0.39 is 0 Å². The summed E-state index contributed by atoms with van der Waals surface area (Å²) in [4.78, 5) is 0. The molecule has 0 spiro atoms. The number of ether oxygens (including phenoxy) is 1. The Morgan fingerprint density at radius 1 is 1.24 bits per heavy atom. The average Bonchev–Trinajstić information content (AvgIpc) is 3.18. The van der Waals surface area contributed by atoms with Gasteiger partial charge in [-0.05, 0) is 56.1 Å². The molecule has 1 N–H and O–H groups in total. The van der Waals surface area contributed by atoms with Gasteiger partial charge in [-0.25, -0.2) is 4.39 Å². The molecule has 2 unspecified atom stereocenters. The molecule has 1 saturated heterocycles. The van der Waals surface area contributed by atoms with Gasteiger partial charge in [-0.1, -0.05) is 24.6 Å². The number of hydrogen-bond acceptors (Lipinski definition) is 2. The average molecular weight is 291 g/mol. The molecule has 21 heavy (non-hydrogen) atoms. The Morgan fingerprint density at radius 2 is 2.10 bits per heavy atom. The van der Waals surface area contributed by atoms with Gasteiger partial charge in [0.2, 0.25) is 0 Å². The van der Waals surface area contributed by atoms with Gasteiger partial charge < -0.3 is 10.1 Å². The molecule has 2 nitrogen and oxygen atoms in total. The van der Waals surface area contributed by atoms with Crippen LogP contribution in [0.5, 0.6) is 0 Å². The molecule has 1 heterocycles. The fourth-order valence-electron chi connectivity index (χ4n) is 3.23. The fraction of sp³-hybridized carbons (Fsp3) is 0.667. The largest absolute Gasteiger partial charge is 0.378 e. The van der Waals surface area contributed by atoms with Crippen molar-refractivity contribution in [3.63, 3.8) is 0 Å². The summed E-state index contributed by atoms with van der Waals surface area (Å²) in [6.45, 7) is 1.82. The van der Waals surface area contributed by atoms with Crippen LogP contribution < -0.4 is 5.32 Å². The van der Waals surface area contributed by atoms with Crippen LogP contribution in [0.1, 0.15) is 56.4 Å². The summed E-state index contributed by atoms with van der Waals surface area (Å²) in [7, 11) is 0. The van der Waals surface area contributed by atoms with E-state index in [1.807, 2.05) is 12.1 Å². The summed E-state index contributed by atoms with van der Waals surface area (Å²) in [6, 6.07) is 7.93. The molecule has 1 aromatic carbocycles. The predicted octanol–water partition coefficient (Wildman–Crippen LogP) is 4.01. The molecule has 2 aliphatic rings. The van der Waals surface area contributed by atoms with Gasteiger partial charge in [-0.15, -0.1) is 0 Å². The number of benzene rings is 1. The SMILES string of the molecule is Fc1ccccc1C(CCCC1CCCO1)CNC1CC1. The van der Waals surface area contributed by atoms with Crippen molar-refractivity contribution in [1.29, 1.82) is 0 Å². The topological polar surface area (TPSA) is 21.3 Å². The molecule has 2 fully saturated rings. The monoisotopic (exact) mass is 291 g/mol. The molecule has 0 aromatic heterocycles. The van der Waals surface area contributed by atoms with Crippen LogP contribution in [-0.4, -0.2) is 25.3 Å². The summed E-state index contributed by atoms with van der Waals surface area (Å²) < 4.78 is 19.7. The highest BCUT2D eigenvalue weighted by Crippen LogP contribution is 2.28. The first kappa shape index (κ1) is 15.0. The number of hydrogen-bond donors (Lipinski definition) is 1. The van der Waals surface area contributed by atoms with Gasteiger partial charge in [-0.2, -0.15) is 0 Å². The van der Waals surface area contributed by atoms with Crippen molar-refractivity contribution in [2.24, 2.45) is 0 Å². The molecule has 3 rings (SSSR count). The van der Waals surface area contributed by atoms with E-state index in [-0.39, 0.29) is 11.7 Å². The van der Waals surface area contributed by atoms with Gasteiger partial charge in [-0.3, -0.25) is 0 Å². The van der Waals surface area contributed by atoms with Gasteiger partial charge in [0.05, 0.1) is 6.10 Å². The van der Waals surface area contributed by atoms with Crippen LogP contribution in [0.25, 0.3) is 0 Å². The van der Waals surface area contributed by atoms with Crippen LogP contribution in [0, 0.1) is 5.82 Å². The summed E-state index contributed by atoms with van der Waals surface area (Å²) >= 11 is 0. The van der Waals surface area contributed by atoms with Crippen LogP contribution in [-0.2, 0) is 4.74 Å². The van der Waals surface area contributed by atoms with Crippen LogP contribution in [0.2, 0.25) is 0 Å². The zero-order chi connectivity index (χ0) is 14.5. The quantitative estimate of drug-likeness (QED) is 0.781. The Hall–Kier alpha value is -0.930. The Morgan fingerprint density at radius 3 is 2.81 bits per heavy atom. The van der Waals surface area contributed by atoms with Gasteiger partial charge in [0, 0.05) is 19.2 Å². The maximum Gasteiger partial charge on any atom is 0.126 e. The lowest BCUT2D eigenvalue weighted by molar-refractivity contribution is 0.101. The van der Waals surface area contributed by atoms with E-state index in [4.69, 9.17) is 4.74 Å². The Balaban J connectivity index is 1.54. The van der Waals surface area contributed by atoms with Crippen LogP contribution in [0.4, 0.5) is 4.39 Å². The van der Waals surface area contributed by atoms with Crippen molar-refractivity contribution >= 4 is 0 Å². The molecule has 116 valence electrons. The second kappa shape index (κ2) is 7.37. The highest BCUT2D eigenvalue weighted by Gasteiger charge is 2.24. The van der Waals surface area contributed by atoms with E-state index in [1.54, 1.807) is 12.1 Å². The van der Waals surface area contributed by atoms with Crippen molar-refractivity contribution in [1.82, 2.24) is 5.32 Å². The Labute approximate surface area is 127 Å². The molecule has 2 atom stereocenters. The second-order valence-electron chi connectivity index (χ2n) is 6.47. The van der Waals surface area contributed by atoms with E-state index in [2.05, 4.69) is 5.32 Å². The van der Waals surface area contributed by atoms with Crippen molar-refractivity contribution in [3.8, 4) is 0 Å². The van der Waals surface area contributed by atoms with Crippen LogP contribution >= 0.6 is 0 Å². The van der Waals surface area contributed by atoms with Crippen molar-refractivity contribution in [3.05, 3.63) is 35.6 Å². The minimum atomic E-state index is -0.0581. The number of nitrogens with one attached hydrogen (secondary N) is 1. The lowest BCUT2D eigenvalue weighted by Crippen LogP contribution is -2.24. The Bertz CT molecular complexity index is 441. The third-order valence-corrected chi connectivity index (χ3v) is 4.68. The minimum absolute atomic E-state index is 0.0581. The minimum Gasteiger partial charge on any atom is -0.378 e. The van der Waals surface area contributed by atoms with E-state index >= 15 is 0 Å². The van der Waals surface area contributed by atoms with Crippen LogP contribution in [0.3, 0.4) is 0 Å². The van der Waals surface area contributed by atoms with Gasteiger partial charge >= 0.3 is 0 Å². The molecular weight excluding hydrogens is 265 g/mol. The van der Waals surface area contributed by atoms with Gasteiger partial charge in [0.25, 0.3) is 0 Å². The third-order valence-electron chi connectivity index (χ3n) is 4.68. The molecule has 0 radical (unpaired) electrons. The second-order valence-corrected chi connectivity index (χ2v) is 6.47. The van der Waals surface area contributed by atoms with Crippen molar-refractivity contribution in [2.45, 2.75) is 63.0 Å². The molecule has 1 aliphatic heterocycles. The smallest absolute Gasteiger partial charge is 0.126 e.